The molecule has 0 saturated carbocycles. The third-order valence-electron chi connectivity index (χ3n) is 2.12. The number of hydrogen-bond acceptors (Lipinski definition) is 2. The van der Waals surface area contributed by atoms with Gasteiger partial charge in [0, 0.05) is 7.05 Å². The molecule has 0 fully saturated rings. The quantitative estimate of drug-likeness (QED) is 0.740. The molecule has 0 spiro atoms. The van der Waals surface area contributed by atoms with Gasteiger partial charge < -0.3 is 5.32 Å². The van der Waals surface area contributed by atoms with E-state index in [9.17, 15) is 4.79 Å². The minimum atomic E-state index is -0.266. The van der Waals surface area contributed by atoms with Gasteiger partial charge in [-0.3, -0.25) is 9.48 Å². The van der Waals surface area contributed by atoms with Crippen molar-refractivity contribution in [2.24, 2.45) is 7.05 Å². The van der Waals surface area contributed by atoms with E-state index in [1.54, 1.807) is 24.7 Å². The van der Waals surface area contributed by atoms with E-state index in [-0.39, 0.29) is 11.9 Å². The summed E-state index contributed by atoms with van der Waals surface area (Å²) in [5, 5.41) is 6.88. The molecule has 0 aliphatic heterocycles. The average molecular weight is 205 g/mol. The molecule has 0 aliphatic carbocycles. The van der Waals surface area contributed by atoms with Crippen LogP contribution in [0.15, 0.2) is 6.07 Å². The van der Waals surface area contributed by atoms with Crippen molar-refractivity contribution in [1.29, 1.82) is 0 Å². The van der Waals surface area contributed by atoms with E-state index in [4.69, 9.17) is 6.42 Å². The molecule has 0 aromatic carbocycles. The normalized spacial score (nSPS) is 11.9. The monoisotopic (exact) mass is 205 g/mol. The number of carbonyl (C=O) groups is 1. The Kier molecular flexibility index (Phi) is 3.51. The van der Waals surface area contributed by atoms with Crippen molar-refractivity contribution in [3.63, 3.8) is 0 Å². The molecule has 80 valence electrons. The van der Waals surface area contributed by atoms with Gasteiger partial charge in [-0.15, -0.1) is 6.42 Å². The Morgan fingerprint density at radius 2 is 2.47 bits per heavy atom. The van der Waals surface area contributed by atoms with Gasteiger partial charge in [-0.05, 0) is 19.4 Å². The Morgan fingerprint density at radius 3 is 2.93 bits per heavy atom. The molecular formula is C11H15N3O. The van der Waals surface area contributed by atoms with Gasteiger partial charge in [0.1, 0.15) is 5.69 Å². The Labute approximate surface area is 89.7 Å². The summed E-state index contributed by atoms with van der Waals surface area (Å²) in [6.07, 6.45) is 5.99. The van der Waals surface area contributed by atoms with E-state index in [0.717, 1.165) is 12.1 Å². The summed E-state index contributed by atoms with van der Waals surface area (Å²) < 4.78 is 1.57. The first kappa shape index (κ1) is 11.3. The first-order valence-corrected chi connectivity index (χ1v) is 4.88. The molecule has 15 heavy (non-hydrogen) atoms. The van der Waals surface area contributed by atoms with E-state index >= 15 is 0 Å². The van der Waals surface area contributed by atoms with Gasteiger partial charge in [-0.25, -0.2) is 0 Å². The zero-order valence-corrected chi connectivity index (χ0v) is 9.24. The van der Waals surface area contributed by atoms with Gasteiger partial charge in [0.2, 0.25) is 0 Å². The molecule has 1 heterocycles. The SMILES string of the molecule is C#CC(C)NC(=O)c1cc(CC)nn1C. The molecule has 1 atom stereocenters. The molecule has 1 aromatic rings. The van der Waals surface area contributed by atoms with Gasteiger partial charge in [0.05, 0.1) is 11.7 Å². The second-order valence-electron chi connectivity index (χ2n) is 3.36. The van der Waals surface area contributed by atoms with Gasteiger partial charge in [0.25, 0.3) is 5.91 Å². The predicted molar refractivity (Wildman–Crippen MR) is 58.3 cm³/mol. The van der Waals surface area contributed by atoms with Gasteiger partial charge in [-0.2, -0.15) is 5.10 Å². The smallest absolute Gasteiger partial charge is 0.270 e. The summed E-state index contributed by atoms with van der Waals surface area (Å²) >= 11 is 0. The Morgan fingerprint density at radius 1 is 1.80 bits per heavy atom. The standard InChI is InChI=1S/C11H15N3O/c1-5-8(3)12-11(15)10-7-9(6-2)13-14(10)4/h1,7-8H,6H2,2-4H3,(H,12,15). The number of terminal acetylenes is 1. The minimum absolute atomic E-state index is 0.185. The summed E-state index contributed by atoms with van der Waals surface area (Å²) in [6.45, 7) is 3.75. The van der Waals surface area contributed by atoms with Crippen LogP contribution in [0.3, 0.4) is 0 Å². The van der Waals surface area contributed by atoms with Crippen LogP contribution in [-0.2, 0) is 13.5 Å². The largest absolute Gasteiger partial charge is 0.337 e. The highest BCUT2D eigenvalue weighted by Crippen LogP contribution is 2.03. The highest BCUT2D eigenvalue weighted by molar-refractivity contribution is 5.93. The predicted octanol–water partition coefficient (Wildman–Crippen LogP) is 0.734. The maximum atomic E-state index is 11.7. The van der Waals surface area contributed by atoms with Crippen molar-refractivity contribution in [3.05, 3.63) is 17.5 Å². The number of aryl methyl sites for hydroxylation is 2. The summed E-state index contributed by atoms with van der Waals surface area (Å²) in [5.41, 5.74) is 1.44. The molecular weight excluding hydrogens is 190 g/mol. The van der Waals surface area contributed by atoms with Crippen molar-refractivity contribution < 1.29 is 4.79 Å². The van der Waals surface area contributed by atoms with Crippen molar-refractivity contribution in [3.8, 4) is 12.3 Å². The third-order valence-corrected chi connectivity index (χ3v) is 2.12. The summed E-state index contributed by atoms with van der Waals surface area (Å²) in [5.74, 6) is 2.26. The molecule has 0 bridgehead atoms. The minimum Gasteiger partial charge on any atom is -0.337 e. The van der Waals surface area contributed by atoms with Crippen LogP contribution in [0.25, 0.3) is 0 Å². The van der Waals surface area contributed by atoms with Crippen LogP contribution in [0.2, 0.25) is 0 Å². The lowest BCUT2D eigenvalue weighted by Gasteiger charge is -2.06. The lowest BCUT2D eigenvalue weighted by molar-refractivity contribution is 0.0938. The second-order valence-corrected chi connectivity index (χ2v) is 3.36. The number of hydrogen-bond donors (Lipinski definition) is 1. The molecule has 0 saturated heterocycles. The van der Waals surface area contributed by atoms with Crippen LogP contribution in [0, 0.1) is 12.3 Å². The molecule has 4 nitrogen and oxygen atoms in total. The molecule has 1 rings (SSSR count). The third kappa shape index (κ3) is 2.59. The van der Waals surface area contributed by atoms with Crippen molar-refractivity contribution >= 4 is 5.91 Å². The number of amides is 1. The number of nitrogens with zero attached hydrogens (tertiary/aromatic N) is 2. The Bertz CT molecular complexity index is 400. The lowest BCUT2D eigenvalue weighted by Crippen LogP contribution is -2.32. The fourth-order valence-electron chi connectivity index (χ4n) is 1.22. The van der Waals surface area contributed by atoms with Crippen molar-refractivity contribution in [1.82, 2.24) is 15.1 Å². The number of rotatable bonds is 3. The highest BCUT2D eigenvalue weighted by atomic mass is 16.2. The van der Waals surface area contributed by atoms with Crippen molar-refractivity contribution in [2.75, 3.05) is 0 Å². The van der Waals surface area contributed by atoms with E-state index in [2.05, 4.69) is 16.3 Å². The first-order valence-electron chi connectivity index (χ1n) is 4.88. The molecule has 0 radical (unpaired) electrons. The van der Waals surface area contributed by atoms with Crippen LogP contribution in [0.5, 0.6) is 0 Å². The van der Waals surface area contributed by atoms with Crippen LogP contribution in [0.4, 0.5) is 0 Å². The topological polar surface area (TPSA) is 46.9 Å². The van der Waals surface area contributed by atoms with E-state index < -0.39 is 0 Å². The highest BCUT2D eigenvalue weighted by Gasteiger charge is 2.13. The number of aromatic nitrogens is 2. The zero-order chi connectivity index (χ0) is 11.4. The number of nitrogens with one attached hydrogen (secondary N) is 1. The van der Waals surface area contributed by atoms with E-state index in [0.29, 0.717) is 5.69 Å². The maximum absolute atomic E-state index is 11.7. The van der Waals surface area contributed by atoms with Crippen molar-refractivity contribution in [2.45, 2.75) is 26.3 Å². The second kappa shape index (κ2) is 4.65. The Balaban J connectivity index is 2.82. The molecule has 1 amide bonds. The molecule has 0 aliphatic rings. The van der Waals surface area contributed by atoms with Gasteiger partial charge in [-0.1, -0.05) is 12.8 Å². The van der Waals surface area contributed by atoms with Gasteiger partial charge in [0.15, 0.2) is 0 Å². The molecule has 4 heteroatoms. The first-order chi connectivity index (χ1) is 7.08. The summed E-state index contributed by atoms with van der Waals surface area (Å²) in [7, 11) is 1.74. The fourth-order valence-corrected chi connectivity index (χ4v) is 1.22. The van der Waals surface area contributed by atoms with E-state index in [1.807, 2.05) is 6.92 Å². The fraction of sp³-hybridized carbons (Fsp3) is 0.455. The molecule has 1 unspecified atom stereocenters. The van der Waals surface area contributed by atoms with Crippen LogP contribution < -0.4 is 5.32 Å². The molecule has 1 N–H and O–H groups in total. The average Bonchev–Trinajstić information content (AvgIpc) is 2.59. The van der Waals surface area contributed by atoms with Crippen LogP contribution in [0.1, 0.15) is 30.0 Å². The maximum Gasteiger partial charge on any atom is 0.270 e. The van der Waals surface area contributed by atoms with E-state index in [1.165, 1.54) is 0 Å². The van der Waals surface area contributed by atoms with Crippen LogP contribution >= 0.6 is 0 Å². The summed E-state index contributed by atoms with van der Waals surface area (Å²) in [4.78, 5) is 11.7. The lowest BCUT2D eigenvalue weighted by atomic mass is 10.3. The zero-order valence-electron chi connectivity index (χ0n) is 9.24. The van der Waals surface area contributed by atoms with Gasteiger partial charge >= 0.3 is 0 Å². The molecule has 1 aromatic heterocycles. The number of carbonyl (C=O) groups excluding carboxylic acids is 1. The van der Waals surface area contributed by atoms with Crippen LogP contribution in [-0.4, -0.2) is 21.7 Å². The summed E-state index contributed by atoms with van der Waals surface area (Å²) in [6, 6.07) is 1.51. The Hall–Kier alpha value is -1.76.